The van der Waals surface area contributed by atoms with Crippen molar-refractivity contribution in [2.24, 2.45) is 0 Å². The van der Waals surface area contributed by atoms with E-state index in [2.05, 4.69) is 15.5 Å². The lowest BCUT2D eigenvalue weighted by molar-refractivity contribution is -0.137. The Labute approximate surface area is 118 Å². The molecule has 0 aromatic heterocycles. The van der Waals surface area contributed by atoms with Crippen molar-refractivity contribution in [3.8, 4) is 0 Å². The van der Waals surface area contributed by atoms with Gasteiger partial charge in [0.05, 0.1) is 0 Å². The number of nitrogens with one attached hydrogen (secondary N) is 2. The number of carboxylic acid groups (broad SMARTS) is 1. The van der Waals surface area contributed by atoms with E-state index < -0.39 is 5.97 Å². The number of carboxylic acids is 1. The second kappa shape index (κ2) is 9.03. The Hall–Kier alpha value is -0.950. The van der Waals surface area contributed by atoms with Gasteiger partial charge in [0.25, 0.3) is 0 Å². The third-order valence-corrected chi connectivity index (χ3v) is 3.93. The van der Waals surface area contributed by atoms with Crippen LogP contribution in [0.25, 0.3) is 0 Å². The first-order valence-corrected chi connectivity index (χ1v) is 7.79. The molecule has 0 bridgehead atoms. The number of hydrogen-bond donors (Lipinski definition) is 3. The maximum absolute atomic E-state index is 11.5. The van der Waals surface area contributed by atoms with Crippen LogP contribution in [0.4, 0.5) is 4.79 Å². The summed E-state index contributed by atoms with van der Waals surface area (Å²) in [6, 6.07) is -0.341. The Morgan fingerprint density at radius 3 is 2.68 bits per heavy atom. The normalized spacial score (nSPS) is 17.7. The standard InChI is InChI=1S/C12H23N3O3S/c1-10(2-3-11(16)17)14-12(18)13-4-5-15-6-8-19-9-7-15/h10H,2-9H2,1H3,(H,16,17)(H2,13,14,18). The van der Waals surface area contributed by atoms with Crippen molar-refractivity contribution in [1.29, 1.82) is 0 Å². The highest BCUT2D eigenvalue weighted by Crippen LogP contribution is 2.07. The van der Waals surface area contributed by atoms with Crippen LogP contribution in [-0.2, 0) is 4.79 Å². The van der Waals surface area contributed by atoms with Gasteiger partial charge in [-0.3, -0.25) is 9.69 Å². The molecule has 1 rings (SSSR count). The van der Waals surface area contributed by atoms with Gasteiger partial charge >= 0.3 is 12.0 Å². The zero-order chi connectivity index (χ0) is 14.1. The van der Waals surface area contributed by atoms with E-state index in [4.69, 9.17) is 5.11 Å². The van der Waals surface area contributed by atoms with Gasteiger partial charge in [-0.25, -0.2) is 4.79 Å². The molecule has 0 aromatic carbocycles. The van der Waals surface area contributed by atoms with Crippen LogP contribution < -0.4 is 10.6 Å². The molecule has 3 N–H and O–H groups in total. The number of nitrogens with zero attached hydrogens (tertiary/aromatic N) is 1. The molecule has 6 nitrogen and oxygen atoms in total. The third kappa shape index (κ3) is 7.94. The molecular formula is C12H23N3O3S. The molecule has 0 spiro atoms. The molecule has 1 heterocycles. The van der Waals surface area contributed by atoms with Crippen molar-refractivity contribution >= 4 is 23.8 Å². The summed E-state index contributed by atoms with van der Waals surface area (Å²) in [5.41, 5.74) is 0. The maximum atomic E-state index is 11.5. The van der Waals surface area contributed by atoms with E-state index in [-0.39, 0.29) is 18.5 Å². The molecule has 0 saturated carbocycles. The molecule has 0 aromatic rings. The van der Waals surface area contributed by atoms with E-state index in [9.17, 15) is 9.59 Å². The van der Waals surface area contributed by atoms with E-state index >= 15 is 0 Å². The zero-order valence-electron chi connectivity index (χ0n) is 11.4. The number of thioether (sulfide) groups is 1. The molecule has 7 heteroatoms. The van der Waals surface area contributed by atoms with E-state index in [0.29, 0.717) is 13.0 Å². The first-order chi connectivity index (χ1) is 9.08. The average molecular weight is 289 g/mol. The summed E-state index contributed by atoms with van der Waals surface area (Å²) in [6.07, 6.45) is 0.527. The maximum Gasteiger partial charge on any atom is 0.315 e. The van der Waals surface area contributed by atoms with E-state index in [1.807, 2.05) is 18.7 Å². The van der Waals surface area contributed by atoms with Crippen LogP contribution in [0.2, 0.25) is 0 Å². The number of amides is 2. The van der Waals surface area contributed by atoms with Gasteiger partial charge in [-0.1, -0.05) is 0 Å². The van der Waals surface area contributed by atoms with Crippen molar-refractivity contribution in [2.75, 3.05) is 37.7 Å². The summed E-state index contributed by atoms with van der Waals surface area (Å²) in [5.74, 6) is 1.49. The molecule has 1 unspecified atom stereocenters. The SMILES string of the molecule is CC(CCC(=O)O)NC(=O)NCCN1CCSCC1. The van der Waals surface area contributed by atoms with Crippen LogP contribution in [-0.4, -0.2) is 65.7 Å². The number of rotatable bonds is 7. The van der Waals surface area contributed by atoms with Gasteiger partial charge in [0.1, 0.15) is 0 Å². The Bertz CT molecular complexity index is 296. The summed E-state index contributed by atoms with van der Waals surface area (Å²) >= 11 is 1.97. The number of carbonyl (C=O) groups excluding carboxylic acids is 1. The van der Waals surface area contributed by atoms with Crippen molar-refractivity contribution in [1.82, 2.24) is 15.5 Å². The van der Waals surface area contributed by atoms with Gasteiger partial charge in [0.15, 0.2) is 0 Å². The van der Waals surface area contributed by atoms with Crippen LogP contribution in [0.15, 0.2) is 0 Å². The van der Waals surface area contributed by atoms with Crippen molar-refractivity contribution < 1.29 is 14.7 Å². The fourth-order valence-corrected chi connectivity index (χ4v) is 2.82. The van der Waals surface area contributed by atoms with Gasteiger partial charge in [0, 0.05) is 50.1 Å². The van der Waals surface area contributed by atoms with Crippen LogP contribution in [0.1, 0.15) is 19.8 Å². The predicted molar refractivity (Wildman–Crippen MR) is 76.6 cm³/mol. The molecule has 1 fully saturated rings. The fourth-order valence-electron chi connectivity index (χ4n) is 1.84. The summed E-state index contributed by atoms with van der Waals surface area (Å²) in [7, 11) is 0. The van der Waals surface area contributed by atoms with Gasteiger partial charge in [-0.05, 0) is 13.3 Å². The minimum absolute atomic E-state index is 0.0763. The number of carbonyl (C=O) groups is 2. The monoisotopic (exact) mass is 289 g/mol. The Balaban J connectivity index is 2.04. The second-order valence-corrected chi connectivity index (χ2v) is 5.91. The van der Waals surface area contributed by atoms with Crippen LogP contribution in [0.3, 0.4) is 0 Å². The predicted octanol–water partition coefficient (Wildman–Crippen LogP) is 0.588. The fraction of sp³-hybridized carbons (Fsp3) is 0.833. The molecule has 19 heavy (non-hydrogen) atoms. The quantitative estimate of drug-likeness (QED) is 0.639. The highest BCUT2D eigenvalue weighted by atomic mass is 32.2. The molecule has 1 atom stereocenters. The third-order valence-electron chi connectivity index (χ3n) is 2.99. The van der Waals surface area contributed by atoms with Crippen LogP contribution in [0, 0.1) is 0 Å². The summed E-state index contributed by atoms with van der Waals surface area (Å²) < 4.78 is 0. The Morgan fingerprint density at radius 2 is 2.05 bits per heavy atom. The lowest BCUT2D eigenvalue weighted by Crippen LogP contribution is -2.44. The number of aliphatic carboxylic acids is 1. The van der Waals surface area contributed by atoms with Gasteiger partial charge in [0.2, 0.25) is 0 Å². The summed E-state index contributed by atoms with van der Waals surface area (Å²) in [4.78, 5) is 24.3. The first-order valence-electron chi connectivity index (χ1n) is 6.64. The van der Waals surface area contributed by atoms with Gasteiger partial charge in [-0.15, -0.1) is 0 Å². The lowest BCUT2D eigenvalue weighted by Gasteiger charge is -2.26. The topological polar surface area (TPSA) is 81.7 Å². The van der Waals surface area contributed by atoms with Crippen molar-refractivity contribution in [3.05, 3.63) is 0 Å². The average Bonchev–Trinajstić information content (AvgIpc) is 2.37. The smallest absolute Gasteiger partial charge is 0.315 e. The number of urea groups is 1. The summed E-state index contributed by atoms with van der Waals surface area (Å²) in [5, 5.41) is 14.1. The van der Waals surface area contributed by atoms with E-state index in [1.54, 1.807) is 0 Å². The number of hydrogen-bond acceptors (Lipinski definition) is 4. The molecule has 0 aliphatic carbocycles. The highest BCUT2D eigenvalue weighted by Gasteiger charge is 2.11. The lowest BCUT2D eigenvalue weighted by atomic mass is 10.2. The van der Waals surface area contributed by atoms with Gasteiger partial charge < -0.3 is 15.7 Å². The highest BCUT2D eigenvalue weighted by molar-refractivity contribution is 7.99. The first kappa shape index (κ1) is 16.1. The Kier molecular flexibility index (Phi) is 7.66. The molecule has 0 radical (unpaired) electrons. The molecule has 1 saturated heterocycles. The summed E-state index contributed by atoms with van der Waals surface area (Å²) in [6.45, 7) is 5.48. The van der Waals surface area contributed by atoms with E-state index in [1.165, 1.54) is 11.5 Å². The molecule has 1 aliphatic rings. The van der Waals surface area contributed by atoms with Crippen LogP contribution >= 0.6 is 11.8 Å². The minimum Gasteiger partial charge on any atom is -0.481 e. The second-order valence-electron chi connectivity index (χ2n) is 4.69. The molecular weight excluding hydrogens is 266 g/mol. The van der Waals surface area contributed by atoms with E-state index in [0.717, 1.165) is 19.6 Å². The van der Waals surface area contributed by atoms with Crippen LogP contribution in [0.5, 0.6) is 0 Å². The van der Waals surface area contributed by atoms with Gasteiger partial charge in [-0.2, -0.15) is 11.8 Å². The molecule has 2 amide bonds. The molecule has 110 valence electrons. The minimum atomic E-state index is -0.836. The van der Waals surface area contributed by atoms with Crippen molar-refractivity contribution in [3.63, 3.8) is 0 Å². The molecule has 1 aliphatic heterocycles. The largest absolute Gasteiger partial charge is 0.481 e. The van der Waals surface area contributed by atoms with Crippen molar-refractivity contribution in [2.45, 2.75) is 25.8 Å². The zero-order valence-corrected chi connectivity index (χ0v) is 12.2. The Morgan fingerprint density at radius 1 is 1.37 bits per heavy atom.